The van der Waals surface area contributed by atoms with Crippen LogP contribution < -0.4 is 0 Å². The first-order chi connectivity index (χ1) is 19.0. The highest BCUT2D eigenvalue weighted by atomic mass is 35.5. The Balaban J connectivity index is 1.41. The molecule has 3 aromatic rings. The van der Waals surface area contributed by atoms with Gasteiger partial charge in [0.1, 0.15) is 29.9 Å². The largest absolute Gasteiger partial charge is 0.416 e. The van der Waals surface area contributed by atoms with Crippen molar-refractivity contribution in [2.45, 2.75) is 42.0 Å². The third-order valence-electron chi connectivity index (χ3n) is 6.22. The van der Waals surface area contributed by atoms with Crippen LogP contribution in [0.4, 0.5) is 22.0 Å². The number of ether oxygens (including phenoxy) is 2. The molecule has 13 heteroatoms. The topological polar surface area (TPSA) is 69.4 Å². The van der Waals surface area contributed by atoms with Crippen LogP contribution in [0.3, 0.4) is 0 Å². The van der Waals surface area contributed by atoms with E-state index in [9.17, 15) is 27.1 Å². The molecule has 1 N–H and O–H groups in total. The van der Waals surface area contributed by atoms with Gasteiger partial charge < -0.3 is 14.6 Å². The van der Waals surface area contributed by atoms with Gasteiger partial charge in [-0.25, -0.2) is 18.4 Å². The van der Waals surface area contributed by atoms with Crippen LogP contribution in [0, 0.1) is 11.6 Å². The van der Waals surface area contributed by atoms with Gasteiger partial charge >= 0.3 is 6.18 Å². The summed E-state index contributed by atoms with van der Waals surface area (Å²) in [5.41, 5.74) is -2.78. The molecule has 6 nitrogen and oxygen atoms in total. The minimum Gasteiger partial charge on any atom is -0.382 e. The molecule has 0 saturated carbocycles. The molecular weight excluding hydrogens is 577 g/mol. The number of alkyl halides is 3. The average molecular weight is 602 g/mol. The summed E-state index contributed by atoms with van der Waals surface area (Å²) in [6.07, 6.45) is 0.689. The lowest BCUT2D eigenvalue weighted by Gasteiger charge is -2.37. The minimum atomic E-state index is -4.59. The number of aromatic nitrogens is 3. The van der Waals surface area contributed by atoms with Crippen molar-refractivity contribution < 1.29 is 36.5 Å². The third kappa shape index (κ3) is 7.49. The van der Waals surface area contributed by atoms with E-state index in [1.807, 2.05) is 0 Å². The van der Waals surface area contributed by atoms with Gasteiger partial charge in [0.15, 0.2) is 6.29 Å². The Morgan fingerprint density at radius 3 is 2.48 bits per heavy atom. The molecule has 1 aromatic heterocycles. The number of aliphatic hydroxyl groups is 1. The van der Waals surface area contributed by atoms with Crippen molar-refractivity contribution in [3.05, 3.63) is 101 Å². The van der Waals surface area contributed by atoms with Crippen LogP contribution in [-0.2, 0) is 21.6 Å². The fourth-order valence-electron chi connectivity index (χ4n) is 4.15. The number of hydrogen-bond acceptors (Lipinski definition) is 6. The van der Waals surface area contributed by atoms with Crippen molar-refractivity contribution >= 4 is 28.9 Å². The van der Waals surface area contributed by atoms with E-state index in [1.54, 1.807) is 6.92 Å². The maximum atomic E-state index is 14.7. The third-order valence-corrected chi connectivity index (χ3v) is 7.93. The number of benzene rings is 2. The van der Waals surface area contributed by atoms with Crippen molar-refractivity contribution in [3.8, 4) is 0 Å². The molecule has 1 fully saturated rings. The molecule has 2 atom stereocenters. The van der Waals surface area contributed by atoms with Gasteiger partial charge in [-0.3, -0.25) is 0 Å². The van der Waals surface area contributed by atoms with Crippen LogP contribution in [0.2, 0.25) is 5.02 Å². The zero-order valence-electron chi connectivity index (χ0n) is 21.1. The van der Waals surface area contributed by atoms with E-state index < -0.39 is 40.5 Å². The maximum Gasteiger partial charge on any atom is 0.416 e. The summed E-state index contributed by atoms with van der Waals surface area (Å²) in [5, 5.41) is 15.0. The molecule has 40 heavy (non-hydrogen) atoms. The highest BCUT2D eigenvalue weighted by Gasteiger charge is 2.41. The lowest BCUT2D eigenvalue weighted by molar-refractivity contribution is -0.146. The molecule has 0 spiro atoms. The van der Waals surface area contributed by atoms with E-state index in [0.29, 0.717) is 11.1 Å². The van der Waals surface area contributed by atoms with Gasteiger partial charge in [0, 0.05) is 21.9 Å². The first-order valence-corrected chi connectivity index (χ1v) is 13.4. The van der Waals surface area contributed by atoms with Gasteiger partial charge in [-0.05, 0) is 35.9 Å². The summed E-state index contributed by atoms with van der Waals surface area (Å²) >= 11 is 7.05. The predicted molar refractivity (Wildman–Crippen MR) is 141 cm³/mol. The molecule has 1 saturated heterocycles. The van der Waals surface area contributed by atoms with Crippen molar-refractivity contribution in [2.75, 3.05) is 13.2 Å². The van der Waals surface area contributed by atoms with Crippen molar-refractivity contribution in [2.24, 2.45) is 0 Å². The van der Waals surface area contributed by atoms with Crippen LogP contribution >= 0.6 is 23.4 Å². The normalized spacial score (nSPS) is 20.9. The van der Waals surface area contributed by atoms with Gasteiger partial charge in [0.2, 0.25) is 0 Å². The molecule has 2 aromatic carbocycles. The Labute approximate surface area is 236 Å². The Hall–Kier alpha value is -2.77. The van der Waals surface area contributed by atoms with Gasteiger partial charge in [-0.2, -0.15) is 18.3 Å². The summed E-state index contributed by atoms with van der Waals surface area (Å²) < 4.78 is 81.6. The fourth-order valence-corrected chi connectivity index (χ4v) is 5.60. The molecule has 1 aliphatic rings. The standard InChI is InChI=1S/C27H25ClF5N3O3S/c1-17(26(37,14-36-16-34-15-35-36)23-10-9-20(29)11-24(23)30)40-21-12-38-25(39-13-21)4-2-3-22(27(31,32)33)18-5-7-19(28)8-6-18/h2-11,15-17,21,25,37H,12-14H2,1H3/t17-,21-,25-,26-/m1/s1. The van der Waals surface area contributed by atoms with E-state index in [1.165, 1.54) is 71.6 Å². The monoisotopic (exact) mass is 601 g/mol. The Morgan fingerprint density at radius 2 is 1.88 bits per heavy atom. The highest BCUT2D eigenvalue weighted by Crippen LogP contribution is 2.39. The van der Waals surface area contributed by atoms with E-state index >= 15 is 0 Å². The Bertz CT molecular complexity index is 1330. The summed E-state index contributed by atoms with van der Waals surface area (Å²) in [6, 6.07) is 8.29. The van der Waals surface area contributed by atoms with Crippen molar-refractivity contribution in [1.29, 1.82) is 0 Å². The quantitative estimate of drug-likeness (QED) is 0.234. The van der Waals surface area contributed by atoms with E-state index in [4.69, 9.17) is 21.1 Å². The SMILES string of the molecule is C[C@@H](S[C@H]1CO[C@H](C=CC=C(c2ccc(Cl)cc2)C(F)(F)F)OC1)[C@](O)(Cn1cncn1)c1ccc(F)cc1F. The average Bonchev–Trinajstić information content (AvgIpc) is 3.40. The van der Waals surface area contributed by atoms with Gasteiger partial charge in [0.25, 0.3) is 0 Å². The molecular formula is C27H25ClF5N3O3S. The van der Waals surface area contributed by atoms with Crippen molar-refractivity contribution in [1.82, 2.24) is 14.8 Å². The summed E-state index contributed by atoms with van der Waals surface area (Å²) in [5.74, 6) is -1.68. The van der Waals surface area contributed by atoms with E-state index in [-0.39, 0.29) is 36.1 Å². The summed E-state index contributed by atoms with van der Waals surface area (Å²) in [7, 11) is 0. The second-order valence-electron chi connectivity index (χ2n) is 9.05. The number of hydrogen-bond donors (Lipinski definition) is 1. The number of allylic oxidation sites excluding steroid dienone is 3. The van der Waals surface area contributed by atoms with E-state index in [2.05, 4.69) is 10.1 Å². The highest BCUT2D eigenvalue weighted by molar-refractivity contribution is 8.00. The van der Waals surface area contributed by atoms with Gasteiger partial charge in [-0.1, -0.05) is 42.8 Å². The number of rotatable bonds is 9. The second kappa shape index (κ2) is 12.8. The lowest BCUT2D eigenvalue weighted by Crippen LogP contribution is -2.43. The molecule has 0 bridgehead atoms. The van der Waals surface area contributed by atoms with Gasteiger partial charge in [-0.15, -0.1) is 11.8 Å². The fraction of sp³-hybridized carbons (Fsp3) is 0.333. The van der Waals surface area contributed by atoms with Crippen LogP contribution in [0.5, 0.6) is 0 Å². The van der Waals surface area contributed by atoms with E-state index in [0.717, 1.165) is 12.1 Å². The van der Waals surface area contributed by atoms with Crippen LogP contribution in [0.25, 0.3) is 5.57 Å². The minimum absolute atomic E-state index is 0.0338. The van der Waals surface area contributed by atoms with Crippen LogP contribution in [-0.4, -0.2) is 56.1 Å². The predicted octanol–water partition coefficient (Wildman–Crippen LogP) is 6.16. The maximum absolute atomic E-state index is 14.7. The lowest BCUT2D eigenvalue weighted by atomic mass is 9.90. The Kier molecular flexibility index (Phi) is 9.68. The summed E-state index contributed by atoms with van der Waals surface area (Å²) in [6.45, 7) is 1.85. The van der Waals surface area contributed by atoms with Crippen molar-refractivity contribution in [3.63, 3.8) is 0 Å². The smallest absolute Gasteiger partial charge is 0.382 e. The molecule has 0 radical (unpaired) electrons. The number of thioether (sulfide) groups is 1. The molecule has 0 unspecified atom stereocenters. The van der Waals surface area contributed by atoms with Crippen LogP contribution in [0.15, 0.2) is 73.3 Å². The summed E-state index contributed by atoms with van der Waals surface area (Å²) in [4.78, 5) is 3.85. The molecule has 214 valence electrons. The van der Waals surface area contributed by atoms with Crippen LogP contribution in [0.1, 0.15) is 18.1 Å². The molecule has 0 amide bonds. The molecule has 2 heterocycles. The zero-order valence-corrected chi connectivity index (χ0v) is 22.6. The molecule has 4 rings (SSSR count). The number of halogens is 6. The first kappa shape index (κ1) is 30.2. The molecule has 1 aliphatic heterocycles. The van der Waals surface area contributed by atoms with Gasteiger partial charge in [0.05, 0.1) is 30.6 Å². The number of nitrogens with zero attached hydrogens (tertiary/aromatic N) is 3. The Morgan fingerprint density at radius 1 is 1.18 bits per heavy atom. The first-order valence-electron chi connectivity index (χ1n) is 12.1. The second-order valence-corrected chi connectivity index (χ2v) is 11.1. The molecule has 0 aliphatic carbocycles. The zero-order chi connectivity index (χ0) is 28.9.